The summed E-state index contributed by atoms with van der Waals surface area (Å²) in [6.45, 7) is 3.20. The lowest BCUT2D eigenvalue weighted by atomic mass is 9.73. The fourth-order valence-electron chi connectivity index (χ4n) is 5.60. The predicted molar refractivity (Wildman–Crippen MR) is 105 cm³/mol. The number of likely N-dealkylation sites (tertiary alicyclic amines) is 1. The molecule has 1 aromatic carbocycles. The quantitative estimate of drug-likeness (QED) is 0.689. The molecule has 0 unspecified atom stereocenters. The summed E-state index contributed by atoms with van der Waals surface area (Å²) in [4.78, 5) is 23.4. The van der Waals surface area contributed by atoms with Crippen LogP contribution in [0.4, 0.5) is 13.2 Å². The minimum Gasteiger partial charge on any atom is -0.483 e. The van der Waals surface area contributed by atoms with Crippen LogP contribution in [-0.4, -0.2) is 60.3 Å². The van der Waals surface area contributed by atoms with Crippen molar-refractivity contribution >= 4 is 12.4 Å². The molecule has 170 valence electrons. The topological polar surface area (TPSA) is 78.9 Å². The van der Waals surface area contributed by atoms with Crippen molar-refractivity contribution in [1.82, 2.24) is 10.2 Å². The van der Waals surface area contributed by atoms with Gasteiger partial charge in [-0.05, 0) is 43.7 Å². The molecule has 1 aliphatic carbocycles. The molecule has 2 bridgehead atoms. The van der Waals surface area contributed by atoms with Gasteiger partial charge in [0.15, 0.2) is 0 Å². The largest absolute Gasteiger partial charge is 0.483 e. The molecule has 2 N–H and O–H groups in total. The van der Waals surface area contributed by atoms with Crippen LogP contribution in [0.2, 0.25) is 0 Å². The fourth-order valence-corrected chi connectivity index (χ4v) is 5.60. The Labute approximate surface area is 178 Å². The van der Waals surface area contributed by atoms with E-state index in [4.69, 9.17) is 14.6 Å². The van der Waals surface area contributed by atoms with Crippen LogP contribution in [0.5, 0.6) is 0 Å². The maximum atomic E-state index is 13.2. The Morgan fingerprint density at radius 3 is 2.68 bits per heavy atom. The van der Waals surface area contributed by atoms with E-state index < -0.39 is 17.6 Å². The Balaban J connectivity index is 0.000000730. The summed E-state index contributed by atoms with van der Waals surface area (Å²) in [6.07, 6.45) is 0.248. The molecule has 4 aliphatic rings. The molecule has 1 amide bonds. The van der Waals surface area contributed by atoms with E-state index in [1.54, 1.807) is 0 Å². The van der Waals surface area contributed by atoms with Gasteiger partial charge in [-0.2, -0.15) is 13.2 Å². The molecule has 3 aliphatic heterocycles. The van der Waals surface area contributed by atoms with Crippen LogP contribution in [0.25, 0.3) is 0 Å². The molecule has 5 rings (SSSR count). The zero-order valence-corrected chi connectivity index (χ0v) is 17.1. The molecule has 9 heteroatoms. The number of nitrogens with one attached hydrogen (secondary N) is 1. The van der Waals surface area contributed by atoms with E-state index in [-0.39, 0.29) is 29.7 Å². The Morgan fingerprint density at radius 1 is 1.29 bits per heavy atom. The molecule has 1 saturated carbocycles. The monoisotopic (exact) mass is 440 g/mol. The van der Waals surface area contributed by atoms with Gasteiger partial charge >= 0.3 is 6.18 Å². The summed E-state index contributed by atoms with van der Waals surface area (Å²) in [6, 6.07) is 4.97. The summed E-state index contributed by atoms with van der Waals surface area (Å²) in [5, 5.41) is 9.67. The maximum Gasteiger partial charge on any atom is 0.417 e. The van der Waals surface area contributed by atoms with Gasteiger partial charge in [-0.15, -0.1) is 0 Å². The normalized spacial score (nSPS) is 31.6. The van der Waals surface area contributed by atoms with Crippen LogP contribution in [0, 0.1) is 17.8 Å². The number of nitrogens with zero attached hydrogens (tertiary/aromatic N) is 1. The molecule has 1 aromatic rings. The van der Waals surface area contributed by atoms with Crippen LogP contribution < -0.4 is 5.32 Å². The van der Waals surface area contributed by atoms with Crippen molar-refractivity contribution in [3.8, 4) is 0 Å². The van der Waals surface area contributed by atoms with Crippen LogP contribution >= 0.6 is 0 Å². The summed E-state index contributed by atoms with van der Waals surface area (Å²) >= 11 is 0. The lowest BCUT2D eigenvalue weighted by Gasteiger charge is -2.29. The molecule has 3 heterocycles. The molecule has 3 saturated heterocycles. The van der Waals surface area contributed by atoms with Gasteiger partial charge in [0.1, 0.15) is 0 Å². The first-order valence-electron chi connectivity index (χ1n) is 10.7. The van der Waals surface area contributed by atoms with Crippen LogP contribution in [0.1, 0.15) is 41.6 Å². The number of fused-ring (bicyclic) bond motifs is 1. The number of hydrogen-bond acceptors (Lipinski definition) is 4. The average Bonchev–Trinajstić information content (AvgIpc) is 3.22. The Kier molecular flexibility index (Phi) is 6.00. The SMILES string of the molecule is O=C(NC[C@H]1[C@H]2CN(CC3CC3)C[C@]23CC[C@H]1O3)c1ccccc1C(F)(F)F.O=CO. The molecule has 6 nitrogen and oxygen atoms in total. The molecule has 0 radical (unpaired) electrons. The number of halogens is 3. The van der Waals surface area contributed by atoms with Gasteiger partial charge in [0.2, 0.25) is 0 Å². The van der Waals surface area contributed by atoms with Gasteiger partial charge in [-0.3, -0.25) is 14.5 Å². The highest BCUT2D eigenvalue weighted by Crippen LogP contribution is 2.55. The molecule has 4 fully saturated rings. The molecular weight excluding hydrogens is 413 g/mol. The highest BCUT2D eigenvalue weighted by Gasteiger charge is 2.62. The summed E-state index contributed by atoms with van der Waals surface area (Å²) in [7, 11) is 0. The van der Waals surface area contributed by atoms with E-state index in [1.807, 2.05) is 0 Å². The first kappa shape index (κ1) is 22.1. The van der Waals surface area contributed by atoms with Crippen molar-refractivity contribution in [2.45, 2.75) is 43.6 Å². The van der Waals surface area contributed by atoms with Crippen molar-refractivity contribution in [1.29, 1.82) is 0 Å². The fraction of sp³-hybridized carbons (Fsp3) is 0.636. The first-order valence-corrected chi connectivity index (χ1v) is 10.7. The number of carboxylic acid groups (broad SMARTS) is 1. The van der Waals surface area contributed by atoms with Gasteiger partial charge in [-0.1, -0.05) is 12.1 Å². The maximum absolute atomic E-state index is 13.2. The zero-order chi connectivity index (χ0) is 22.2. The number of carbonyl (C=O) groups is 2. The van der Waals surface area contributed by atoms with Crippen molar-refractivity contribution in [2.24, 2.45) is 17.8 Å². The Morgan fingerprint density at radius 2 is 2.00 bits per heavy atom. The second-order valence-corrected chi connectivity index (χ2v) is 9.03. The third-order valence-electron chi connectivity index (χ3n) is 7.04. The lowest BCUT2D eigenvalue weighted by Crippen LogP contribution is -2.42. The van der Waals surface area contributed by atoms with E-state index in [9.17, 15) is 18.0 Å². The van der Waals surface area contributed by atoms with Crippen LogP contribution in [-0.2, 0) is 15.7 Å². The number of hydrogen-bond donors (Lipinski definition) is 2. The highest BCUT2D eigenvalue weighted by atomic mass is 19.4. The number of ether oxygens (including phenoxy) is 1. The number of carbonyl (C=O) groups excluding carboxylic acids is 1. The number of benzene rings is 1. The van der Waals surface area contributed by atoms with E-state index in [0.29, 0.717) is 12.5 Å². The van der Waals surface area contributed by atoms with E-state index in [0.717, 1.165) is 44.5 Å². The van der Waals surface area contributed by atoms with Crippen molar-refractivity contribution in [2.75, 3.05) is 26.2 Å². The lowest BCUT2D eigenvalue weighted by molar-refractivity contribution is -0.138. The standard InChI is InChI=1S/C21H25F3N2O2.CH2O2/c22-21(23,24)16-4-2-1-3-14(16)19(27)25-9-15-17-11-26(10-13-5-6-13)12-20(17)8-7-18(15)28-20;2-1-3/h1-4,13,15,17-18H,5-12H2,(H,25,27);1H,(H,2,3)/t15-,17+,18+,20+;/m0./s1. The van der Waals surface area contributed by atoms with E-state index in [1.165, 1.54) is 31.0 Å². The summed E-state index contributed by atoms with van der Waals surface area (Å²) in [5.41, 5.74) is -1.29. The van der Waals surface area contributed by atoms with Crippen molar-refractivity contribution in [3.63, 3.8) is 0 Å². The molecule has 31 heavy (non-hydrogen) atoms. The Bertz CT molecular complexity index is 829. The highest BCUT2D eigenvalue weighted by molar-refractivity contribution is 5.95. The van der Waals surface area contributed by atoms with Gasteiger partial charge in [0.05, 0.1) is 22.8 Å². The molecule has 0 aromatic heterocycles. The second-order valence-electron chi connectivity index (χ2n) is 9.03. The van der Waals surface area contributed by atoms with Crippen LogP contribution in [0.3, 0.4) is 0 Å². The smallest absolute Gasteiger partial charge is 0.417 e. The molecular formula is C22H27F3N2O4. The molecule has 1 spiro atoms. The minimum absolute atomic E-state index is 0.0984. The zero-order valence-electron chi connectivity index (χ0n) is 17.1. The predicted octanol–water partition coefficient (Wildman–Crippen LogP) is 3.03. The third kappa shape index (κ3) is 4.43. The Hall–Kier alpha value is -2.13. The number of amides is 1. The third-order valence-corrected chi connectivity index (χ3v) is 7.04. The number of rotatable bonds is 5. The second kappa shape index (κ2) is 8.43. The van der Waals surface area contributed by atoms with Gasteiger partial charge in [-0.25, -0.2) is 0 Å². The number of alkyl halides is 3. The van der Waals surface area contributed by atoms with Gasteiger partial charge in [0, 0.05) is 38.0 Å². The first-order chi connectivity index (χ1) is 14.8. The summed E-state index contributed by atoms with van der Waals surface area (Å²) in [5.74, 6) is 0.713. The van der Waals surface area contributed by atoms with E-state index in [2.05, 4.69) is 10.2 Å². The van der Waals surface area contributed by atoms with Crippen LogP contribution in [0.15, 0.2) is 24.3 Å². The summed E-state index contributed by atoms with van der Waals surface area (Å²) < 4.78 is 46.0. The minimum atomic E-state index is -4.54. The van der Waals surface area contributed by atoms with Gasteiger partial charge < -0.3 is 15.2 Å². The average molecular weight is 440 g/mol. The van der Waals surface area contributed by atoms with E-state index >= 15 is 0 Å². The van der Waals surface area contributed by atoms with Crippen molar-refractivity contribution < 1.29 is 32.6 Å². The van der Waals surface area contributed by atoms with Crippen molar-refractivity contribution in [3.05, 3.63) is 35.4 Å². The molecule has 4 atom stereocenters. The van der Waals surface area contributed by atoms with Gasteiger partial charge in [0.25, 0.3) is 12.4 Å².